The van der Waals surface area contributed by atoms with E-state index >= 15 is 0 Å². The Kier molecular flexibility index (Phi) is 5.62. The lowest BCUT2D eigenvalue weighted by Crippen LogP contribution is -2.08. The summed E-state index contributed by atoms with van der Waals surface area (Å²) in [5, 5.41) is 14.6. The van der Waals surface area contributed by atoms with Crippen molar-refractivity contribution >= 4 is 17.4 Å². The van der Waals surface area contributed by atoms with Gasteiger partial charge in [0.25, 0.3) is 5.69 Å². The van der Waals surface area contributed by atoms with Crippen LogP contribution in [0.3, 0.4) is 0 Å². The summed E-state index contributed by atoms with van der Waals surface area (Å²) in [6.07, 6.45) is 0.359. The van der Waals surface area contributed by atoms with Gasteiger partial charge in [0, 0.05) is 25.5 Å². The molecule has 0 unspecified atom stereocenters. The molecule has 0 aliphatic carbocycles. The molecule has 0 fully saturated rings. The maximum Gasteiger partial charge on any atom is 0.331 e. The van der Waals surface area contributed by atoms with Gasteiger partial charge < -0.3 is 9.57 Å². The van der Waals surface area contributed by atoms with E-state index in [-0.39, 0.29) is 5.69 Å². The summed E-state index contributed by atoms with van der Waals surface area (Å²) in [7, 11) is 1.57. The normalized spacial score (nSPS) is 11.0. The first-order valence-corrected chi connectivity index (χ1v) is 7.12. The SMILES string of the molecule is COc1ccc(/C(Cc2ccc([N+](=O)[O-])cc2)=N\OC(C)=O)cc1. The number of carbonyl (C=O) groups is 1. The van der Waals surface area contributed by atoms with Crippen molar-refractivity contribution in [3.63, 3.8) is 0 Å². The van der Waals surface area contributed by atoms with Gasteiger partial charge in [0.15, 0.2) is 0 Å². The molecule has 0 saturated heterocycles. The van der Waals surface area contributed by atoms with E-state index in [9.17, 15) is 14.9 Å². The Balaban J connectivity index is 2.26. The van der Waals surface area contributed by atoms with Crippen LogP contribution in [-0.4, -0.2) is 23.7 Å². The zero-order valence-electron chi connectivity index (χ0n) is 13.3. The van der Waals surface area contributed by atoms with Crippen LogP contribution >= 0.6 is 0 Å². The molecule has 0 aliphatic rings. The van der Waals surface area contributed by atoms with Crippen LogP contribution in [0.5, 0.6) is 5.75 Å². The van der Waals surface area contributed by atoms with Crippen molar-refractivity contribution in [2.24, 2.45) is 5.16 Å². The summed E-state index contributed by atoms with van der Waals surface area (Å²) in [4.78, 5) is 26.0. The van der Waals surface area contributed by atoms with Gasteiger partial charge in [0.05, 0.1) is 17.7 Å². The number of carbonyl (C=O) groups excluding carboxylic acids is 1. The monoisotopic (exact) mass is 328 g/mol. The second kappa shape index (κ2) is 7.87. The molecule has 0 aromatic heterocycles. The van der Waals surface area contributed by atoms with Gasteiger partial charge in [0.1, 0.15) is 5.75 Å². The van der Waals surface area contributed by atoms with Crippen LogP contribution < -0.4 is 4.74 Å². The fourth-order valence-corrected chi connectivity index (χ4v) is 2.02. The summed E-state index contributed by atoms with van der Waals surface area (Å²) in [5.74, 6) is 0.172. The Labute approximate surface area is 138 Å². The number of nitrogens with zero attached hydrogens (tertiary/aromatic N) is 2. The minimum absolute atomic E-state index is 0.0154. The van der Waals surface area contributed by atoms with Crippen LogP contribution in [0.2, 0.25) is 0 Å². The van der Waals surface area contributed by atoms with Crippen LogP contribution in [0, 0.1) is 10.1 Å². The van der Waals surface area contributed by atoms with Crippen LogP contribution in [-0.2, 0) is 16.1 Å². The molecule has 2 aromatic rings. The number of ether oxygens (including phenoxy) is 1. The molecule has 124 valence electrons. The minimum atomic E-state index is -0.523. The van der Waals surface area contributed by atoms with Gasteiger partial charge in [0.2, 0.25) is 0 Å². The van der Waals surface area contributed by atoms with Crippen molar-refractivity contribution < 1.29 is 19.3 Å². The van der Waals surface area contributed by atoms with E-state index in [1.807, 2.05) is 0 Å². The standard InChI is InChI=1S/C17H16N2O5/c1-12(20)24-18-17(14-5-9-16(23-2)10-6-14)11-13-3-7-15(8-4-13)19(21)22/h3-10H,11H2,1-2H3/b18-17-. The first kappa shape index (κ1) is 17.1. The van der Waals surface area contributed by atoms with Gasteiger partial charge >= 0.3 is 5.97 Å². The molecule has 0 aliphatic heterocycles. The number of non-ortho nitro benzene ring substituents is 1. The Morgan fingerprint density at radius 2 is 1.75 bits per heavy atom. The van der Waals surface area contributed by atoms with Gasteiger partial charge in [-0.3, -0.25) is 10.1 Å². The number of nitro benzene ring substituents is 1. The Hall–Kier alpha value is -3.22. The molecule has 2 rings (SSSR count). The fourth-order valence-electron chi connectivity index (χ4n) is 2.02. The molecular formula is C17H16N2O5. The number of benzene rings is 2. The second-order valence-corrected chi connectivity index (χ2v) is 4.95. The third-order valence-electron chi connectivity index (χ3n) is 3.23. The molecule has 0 saturated carbocycles. The van der Waals surface area contributed by atoms with Gasteiger partial charge in [-0.15, -0.1) is 0 Å². The molecule has 0 atom stereocenters. The van der Waals surface area contributed by atoms with E-state index in [1.165, 1.54) is 19.1 Å². The zero-order chi connectivity index (χ0) is 17.5. The summed E-state index contributed by atoms with van der Waals surface area (Å²) in [6.45, 7) is 1.26. The van der Waals surface area contributed by atoms with Crippen LogP contribution in [0.25, 0.3) is 0 Å². The second-order valence-electron chi connectivity index (χ2n) is 4.95. The summed E-state index contributed by atoms with van der Waals surface area (Å²) >= 11 is 0. The maximum atomic E-state index is 11.0. The lowest BCUT2D eigenvalue weighted by atomic mass is 10.0. The summed E-state index contributed by atoms with van der Waals surface area (Å²) in [5.41, 5.74) is 2.11. The van der Waals surface area contributed by atoms with Crippen LogP contribution in [0.15, 0.2) is 53.7 Å². The van der Waals surface area contributed by atoms with E-state index in [0.29, 0.717) is 17.9 Å². The molecule has 7 nitrogen and oxygen atoms in total. The number of rotatable bonds is 6. The highest BCUT2D eigenvalue weighted by molar-refractivity contribution is 6.01. The van der Waals surface area contributed by atoms with Crippen LogP contribution in [0.4, 0.5) is 5.69 Å². The van der Waals surface area contributed by atoms with Gasteiger partial charge in [-0.2, -0.15) is 0 Å². The van der Waals surface area contributed by atoms with Gasteiger partial charge in [-0.25, -0.2) is 4.79 Å². The first-order chi connectivity index (χ1) is 11.5. The number of nitro groups is 1. The molecule has 2 aromatic carbocycles. The maximum absolute atomic E-state index is 11.0. The summed E-state index contributed by atoms with van der Waals surface area (Å²) < 4.78 is 5.11. The van der Waals surface area contributed by atoms with Crippen molar-refractivity contribution in [3.05, 3.63) is 69.8 Å². The Morgan fingerprint density at radius 1 is 1.12 bits per heavy atom. The lowest BCUT2D eigenvalue weighted by molar-refractivity contribution is -0.384. The quantitative estimate of drug-likeness (QED) is 0.352. The topological polar surface area (TPSA) is 91.0 Å². The molecule has 0 radical (unpaired) electrons. The lowest BCUT2D eigenvalue weighted by Gasteiger charge is -2.07. The van der Waals surface area contributed by atoms with Gasteiger partial charge in [-0.1, -0.05) is 17.3 Å². The largest absolute Gasteiger partial charge is 0.497 e. The van der Waals surface area contributed by atoms with E-state index in [2.05, 4.69) is 5.16 Å². The van der Waals surface area contributed by atoms with E-state index in [0.717, 1.165) is 11.1 Å². The fraction of sp³-hybridized carbons (Fsp3) is 0.176. The highest BCUT2D eigenvalue weighted by Crippen LogP contribution is 2.17. The number of hydrogen-bond acceptors (Lipinski definition) is 6. The molecule has 24 heavy (non-hydrogen) atoms. The Morgan fingerprint density at radius 3 is 2.25 bits per heavy atom. The molecular weight excluding hydrogens is 312 g/mol. The predicted molar refractivity (Wildman–Crippen MR) is 88.1 cm³/mol. The highest BCUT2D eigenvalue weighted by Gasteiger charge is 2.10. The van der Waals surface area contributed by atoms with Crippen molar-refractivity contribution in [1.29, 1.82) is 0 Å². The van der Waals surface area contributed by atoms with Crippen molar-refractivity contribution in [2.75, 3.05) is 7.11 Å². The number of hydrogen-bond donors (Lipinski definition) is 0. The van der Waals surface area contributed by atoms with Crippen LogP contribution in [0.1, 0.15) is 18.1 Å². The average molecular weight is 328 g/mol. The van der Waals surface area contributed by atoms with Crippen molar-refractivity contribution in [1.82, 2.24) is 0 Å². The van der Waals surface area contributed by atoms with Crippen molar-refractivity contribution in [2.45, 2.75) is 13.3 Å². The molecule has 7 heteroatoms. The molecule has 0 N–H and O–H groups in total. The third kappa shape index (κ3) is 4.64. The zero-order valence-corrected chi connectivity index (χ0v) is 13.3. The Bertz CT molecular complexity index is 752. The smallest absolute Gasteiger partial charge is 0.331 e. The third-order valence-corrected chi connectivity index (χ3v) is 3.23. The average Bonchev–Trinajstić information content (AvgIpc) is 2.59. The van der Waals surface area contributed by atoms with E-state index in [1.54, 1.807) is 43.5 Å². The summed E-state index contributed by atoms with van der Waals surface area (Å²) in [6, 6.07) is 13.3. The minimum Gasteiger partial charge on any atom is -0.497 e. The molecule has 0 amide bonds. The highest BCUT2D eigenvalue weighted by atomic mass is 16.7. The first-order valence-electron chi connectivity index (χ1n) is 7.12. The molecule has 0 spiro atoms. The number of methoxy groups -OCH3 is 1. The van der Waals surface area contributed by atoms with E-state index in [4.69, 9.17) is 9.57 Å². The molecule has 0 heterocycles. The number of oxime groups is 1. The van der Waals surface area contributed by atoms with E-state index < -0.39 is 10.9 Å². The van der Waals surface area contributed by atoms with Gasteiger partial charge in [-0.05, 0) is 35.4 Å². The predicted octanol–water partition coefficient (Wildman–Crippen LogP) is 3.11. The molecule has 0 bridgehead atoms. The van der Waals surface area contributed by atoms with Crippen molar-refractivity contribution in [3.8, 4) is 5.75 Å².